The van der Waals surface area contributed by atoms with Gasteiger partial charge in [0.15, 0.2) is 0 Å². The number of sulfone groups is 1. The molecule has 2 aliphatic heterocycles. The number of piperazine rings is 1. The molecule has 0 spiro atoms. The van der Waals surface area contributed by atoms with Crippen LogP contribution in [0.25, 0.3) is 21.9 Å². The van der Waals surface area contributed by atoms with E-state index in [4.69, 9.17) is 0 Å². The fourth-order valence-electron chi connectivity index (χ4n) is 7.35. The Hall–Kier alpha value is -5.57. The number of halogens is 3. The fourth-order valence-corrected chi connectivity index (χ4v) is 9.65. The van der Waals surface area contributed by atoms with Crippen LogP contribution in [0.5, 0.6) is 5.75 Å². The molecule has 1 aromatic heterocycles. The van der Waals surface area contributed by atoms with Gasteiger partial charge < -0.3 is 20.6 Å². The first-order valence-corrected chi connectivity index (χ1v) is 20.4. The topological polar surface area (TPSA) is 115 Å². The number of benzene rings is 5. The molecule has 5 aromatic carbocycles. The van der Waals surface area contributed by atoms with Crippen LogP contribution < -0.4 is 15.5 Å². The molecule has 0 radical (unpaired) electrons. The number of hydrogen-bond donors (Lipinski definition) is 3. The summed E-state index contributed by atoms with van der Waals surface area (Å²) in [4.78, 5) is 22.5. The van der Waals surface area contributed by atoms with E-state index >= 15 is 13.2 Å². The second-order valence-electron chi connectivity index (χ2n) is 13.6. The molecule has 3 heterocycles. The molecule has 0 unspecified atom stereocenters. The number of thioether (sulfide) groups is 1. The first kappa shape index (κ1) is 37.4. The highest BCUT2D eigenvalue weighted by Crippen LogP contribution is 2.47. The number of aromatic nitrogens is 1. The van der Waals surface area contributed by atoms with Crippen LogP contribution in [-0.2, 0) is 22.6 Å². The van der Waals surface area contributed by atoms with Gasteiger partial charge in [0, 0.05) is 67.4 Å². The number of anilines is 3. The smallest absolute Gasteiger partial charge is 0.420 e. The highest BCUT2D eigenvalue weighted by Gasteiger charge is 2.44. The highest BCUT2D eigenvalue weighted by molar-refractivity contribution is 7.99. The Balaban J connectivity index is 1.07. The molecule has 0 atom stereocenters. The number of nitrogens with zero attached hydrogens (tertiary/aromatic N) is 3. The van der Waals surface area contributed by atoms with Gasteiger partial charge in [-0.05, 0) is 64.4 Å². The van der Waals surface area contributed by atoms with Crippen molar-refractivity contribution >= 4 is 55.3 Å². The molecule has 1 saturated heterocycles. The lowest BCUT2D eigenvalue weighted by Crippen LogP contribution is -2.46. The van der Waals surface area contributed by atoms with Crippen molar-refractivity contribution < 1.29 is 31.5 Å². The van der Waals surface area contributed by atoms with Crippen molar-refractivity contribution in [3.63, 3.8) is 0 Å². The molecule has 3 N–H and O–H groups in total. The summed E-state index contributed by atoms with van der Waals surface area (Å²) in [6.07, 6.45) is -1.71. The predicted octanol–water partition coefficient (Wildman–Crippen LogP) is 8.55. The summed E-state index contributed by atoms with van der Waals surface area (Å²) in [6.45, 7) is 2.15. The molecule has 8 rings (SSSR count). The van der Waals surface area contributed by atoms with Gasteiger partial charge in [-0.25, -0.2) is 8.42 Å². The molecule has 0 bridgehead atoms. The lowest BCUT2D eigenvalue weighted by Gasteiger charge is -2.38. The van der Waals surface area contributed by atoms with Crippen LogP contribution in [-0.4, -0.2) is 67.8 Å². The average Bonchev–Trinajstić information content (AvgIpc) is 3.77. The lowest BCUT2D eigenvalue weighted by atomic mass is 9.95. The number of aromatic hydroxyl groups is 1. The van der Waals surface area contributed by atoms with Crippen molar-refractivity contribution in [3.05, 3.63) is 132 Å². The summed E-state index contributed by atoms with van der Waals surface area (Å²) in [5.41, 5.74) is 1.42. The molecule has 6 aromatic rings. The molecular formula is C42H36F3N5O4S2. The van der Waals surface area contributed by atoms with Gasteiger partial charge >= 0.3 is 6.18 Å². The van der Waals surface area contributed by atoms with Crippen LogP contribution in [0.2, 0.25) is 0 Å². The predicted molar refractivity (Wildman–Crippen MR) is 213 cm³/mol. The Morgan fingerprint density at radius 3 is 2.32 bits per heavy atom. The Bertz CT molecular complexity index is 2560. The molecule has 286 valence electrons. The summed E-state index contributed by atoms with van der Waals surface area (Å²) < 4.78 is 70.6. The summed E-state index contributed by atoms with van der Waals surface area (Å²) in [5, 5.41) is 17.7. The van der Waals surface area contributed by atoms with Crippen molar-refractivity contribution in [1.82, 2.24) is 9.88 Å². The maximum Gasteiger partial charge on any atom is 0.420 e. The zero-order chi connectivity index (χ0) is 39.0. The third-order valence-corrected chi connectivity index (χ3v) is 12.7. The molecule has 14 heteroatoms. The Labute approximate surface area is 326 Å². The van der Waals surface area contributed by atoms with E-state index < -0.39 is 27.5 Å². The number of hydrogen-bond acceptors (Lipinski definition) is 9. The van der Waals surface area contributed by atoms with E-state index in [9.17, 15) is 18.3 Å². The van der Waals surface area contributed by atoms with Crippen LogP contribution in [0.4, 0.5) is 30.2 Å². The van der Waals surface area contributed by atoms with E-state index in [1.807, 2.05) is 66.7 Å². The Morgan fingerprint density at radius 2 is 1.57 bits per heavy atom. The number of alkyl halides is 3. The summed E-state index contributed by atoms with van der Waals surface area (Å²) in [7, 11) is -3.69. The van der Waals surface area contributed by atoms with Crippen molar-refractivity contribution in [2.24, 2.45) is 0 Å². The van der Waals surface area contributed by atoms with Crippen molar-refractivity contribution in [1.29, 1.82) is 0 Å². The number of rotatable bonds is 11. The zero-order valence-corrected chi connectivity index (χ0v) is 31.5. The van der Waals surface area contributed by atoms with E-state index in [1.165, 1.54) is 48.3 Å². The second-order valence-corrected chi connectivity index (χ2v) is 16.6. The van der Waals surface area contributed by atoms with Crippen LogP contribution in [0, 0.1) is 0 Å². The number of fused-ring (bicyclic) bond motifs is 2. The largest absolute Gasteiger partial charge is 0.506 e. The Morgan fingerprint density at radius 1 is 0.839 bits per heavy atom. The normalized spacial score (nSPS) is 15.0. The van der Waals surface area contributed by atoms with Gasteiger partial charge in [-0.3, -0.25) is 14.7 Å². The highest BCUT2D eigenvalue weighted by atomic mass is 32.2. The number of nitrogens with one attached hydrogen (secondary N) is 2. The first-order chi connectivity index (χ1) is 27.0. The number of amides is 1. The van der Waals surface area contributed by atoms with E-state index in [0.29, 0.717) is 25.4 Å². The quantitative estimate of drug-likeness (QED) is 0.0674. The standard InChI is InChI=1S/C42H36F3N5O4S2/c43-42(44,45)38-35(47-17-22-55-30-7-2-1-3-8-30)15-16-36(48-41(52)34-11-6-12-37-40(34)56(37,53)54)39(38)50-20-18-49(19-21-50)26-27-13-14-32(28-23-29(51)25-46-24-28)33-10-5-4-9-31(27)33/h1-16,23-25,47,51H,17-22,26H2,(H,48,52). The molecule has 0 saturated carbocycles. The van der Waals surface area contributed by atoms with E-state index in [1.54, 1.807) is 17.2 Å². The van der Waals surface area contributed by atoms with Gasteiger partial charge in [-0.1, -0.05) is 60.7 Å². The first-order valence-electron chi connectivity index (χ1n) is 18.0. The van der Waals surface area contributed by atoms with Crippen molar-refractivity contribution in [3.8, 4) is 16.9 Å². The lowest BCUT2D eigenvalue weighted by molar-refractivity contribution is -0.136. The number of carbonyl (C=O) groups is 1. The maximum atomic E-state index is 15.3. The van der Waals surface area contributed by atoms with E-state index in [0.717, 1.165) is 32.4 Å². The van der Waals surface area contributed by atoms with E-state index in [2.05, 4.69) is 20.5 Å². The number of pyridine rings is 1. The van der Waals surface area contributed by atoms with Crippen molar-refractivity contribution in [2.75, 3.05) is 54.0 Å². The van der Waals surface area contributed by atoms with Gasteiger partial charge in [-0.2, -0.15) is 13.2 Å². The summed E-state index contributed by atoms with van der Waals surface area (Å²) in [5.74, 6) is -0.214. The molecular weight excluding hydrogens is 760 g/mol. The second kappa shape index (κ2) is 15.2. The van der Waals surface area contributed by atoms with Gasteiger partial charge in [0.2, 0.25) is 9.84 Å². The van der Waals surface area contributed by atoms with Crippen LogP contribution >= 0.6 is 11.8 Å². The molecule has 9 nitrogen and oxygen atoms in total. The minimum absolute atomic E-state index is 0.0455. The van der Waals surface area contributed by atoms with E-state index in [-0.39, 0.29) is 57.8 Å². The van der Waals surface area contributed by atoms with Gasteiger partial charge in [0.05, 0.1) is 28.0 Å². The summed E-state index contributed by atoms with van der Waals surface area (Å²) >= 11 is 1.52. The zero-order valence-electron chi connectivity index (χ0n) is 29.9. The molecule has 1 fully saturated rings. The van der Waals surface area contributed by atoms with Gasteiger partial charge in [0.1, 0.15) is 16.2 Å². The van der Waals surface area contributed by atoms with Gasteiger partial charge in [-0.15, -0.1) is 11.8 Å². The SMILES string of the molecule is O=C(Nc1ccc(NCCSc2ccccc2)c(C(F)(F)F)c1N1CCN(Cc2ccc(-c3cncc(O)c3)c3ccccc23)CC1)c1cccc2c1S2(=O)=O. The van der Waals surface area contributed by atoms with Crippen LogP contribution in [0.3, 0.4) is 0 Å². The summed E-state index contributed by atoms with van der Waals surface area (Å²) in [6, 6.07) is 30.2. The van der Waals surface area contributed by atoms with Gasteiger partial charge in [0.25, 0.3) is 5.91 Å². The van der Waals surface area contributed by atoms with Crippen molar-refractivity contribution in [2.45, 2.75) is 27.4 Å². The minimum Gasteiger partial charge on any atom is -0.506 e. The fraction of sp³-hybridized carbons (Fsp3) is 0.190. The minimum atomic E-state index is -4.80. The molecule has 2 aliphatic rings. The maximum absolute atomic E-state index is 15.3. The monoisotopic (exact) mass is 795 g/mol. The number of carbonyl (C=O) groups excluding carboxylic acids is 1. The van der Waals surface area contributed by atoms with Crippen LogP contribution in [0.15, 0.2) is 130 Å². The Kier molecular flexibility index (Phi) is 10.1. The third kappa shape index (κ3) is 7.51. The van der Waals surface area contributed by atoms with Crippen LogP contribution in [0.1, 0.15) is 21.5 Å². The average molecular weight is 796 g/mol. The molecule has 56 heavy (non-hydrogen) atoms. The third-order valence-electron chi connectivity index (χ3n) is 10.0. The molecule has 1 amide bonds. The molecule has 0 aliphatic carbocycles.